The lowest BCUT2D eigenvalue weighted by Crippen LogP contribution is -1.91. The third-order valence-corrected chi connectivity index (χ3v) is 3.69. The average Bonchev–Trinajstić information content (AvgIpc) is 2.40. The first-order chi connectivity index (χ1) is 8.29. The Morgan fingerprint density at radius 2 is 1.65 bits per heavy atom. The maximum atomic E-state index is 5.40. The van der Waals surface area contributed by atoms with Gasteiger partial charge in [-0.2, -0.15) is 0 Å². The van der Waals surface area contributed by atoms with Crippen LogP contribution in [0.25, 0.3) is 0 Å². The van der Waals surface area contributed by atoms with Crippen LogP contribution in [0.1, 0.15) is 5.56 Å². The van der Waals surface area contributed by atoms with Crippen LogP contribution in [0.15, 0.2) is 59.5 Å². The van der Waals surface area contributed by atoms with E-state index in [1.165, 1.54) is 0 Å². The molecule has 0 spiro atoms. The quantitative estimate of drug-likeness (QED) is 0.605. The van der Waals surface area contributed by atoms with E-state index in [0.29, 0.717) is 0 Å². The van der Waals surface area contributed by atoms with Crippen LogP contribution in [0, 0.1) is 0 Å². The predicted octanol–water partition coefficient (Wildman–Crippen LogP) is 4.16. The number of hydrogen-bond donors (Lipinski definition) is 0. The highest BCUT2D eigenvalue weighted by molar-refractivity contribution is 8.23. The fourth-order valence-electron chi connectivity index (χ4n) is 1.38. The number of benzene rings is 2. The van der Waals surface area contributed by atoms with Gasteiger partial charge < -0.3 is 4.74 Å². The second-order valence-electron chi connectivity index (χ2n) is 3.43. The summed E-state index contributed by atoms with van der Waals surface area (Å²) in [6.07, 6.45) is 0. The molecule has 2 rings (SSSR count). The Hall–Kier alpha value is -1.32. The van der Waals surface area contributed by atoms with Crippen molar-refractivity contribution < 1.29 is 4.74 Å². The molecular weight excluding hydrogens is 248 g/mol. The number of methoxy groups -OCH3 is 1. The van der Waals surface area contributed by atoms with E-state index in [1.807, 2.05) is 42.5 Å². The molecule has 3 heteroatoms. The fraction of sp³-hybridized carbons (Fsp3) is 0.0714. The first kappa shape index (κ1) is 12.1. The first-order valence-corrected chi connectivity index (χ1v) is 6.43. The van der Waals surface area contributed by atoms with E-state index >= 15 is 0 Å². The van der Waals surface area contributed by atoms with Gasteiger partial charge in [-0.15, -0.1) is 0 Å². The Labute approximate surface area is 111 Å². The molecule has 17 heavy (non-hydrogen) atoms. The largest absolute Gasteiger partial charge is 0.497 e. The van der Waals surface area contributed by atoms with E-state index in [0.717, 1.165) is 20.4 Å². The minimum atomic E-state index is 0.848. The SMILES string of the molecule is COc1ccc(C(=S)Sc2ccccc2)cc1. The van der Waals surface area contributed by atoms with E-state index in [-0.39, 0.29) is 0 Å². The van der Waals surface area contributed by atoms with Crippen molar-refractivity contribution in [1.29, 1.82) is 0 Å². The Morgan fingerprint density at radius 3 is 2.24 bits per heavy atom. The number of hydrogen-bond acceptors (Lipinski definition) is 3. The van der Waals surface area contributed by atoms with Gasteiger partial charge >= 0.3 is 0 Å². The van der Waals surface area contributed by atoms with Crippen LogP contribution in [-0.4, -0.2) is 11.3 Å². The van der Waals surface area contributed by atoms with Gasteiger partial charge in [0.2, 0.25) is 0 Å². The maximum Gasteiger partial charge on any atom is 0.118 e. The zero-order valence-electron chi connectivity index (χ0n) is 9.42. The summed E-state index contributed by atoms with van der Waals surface area (Å²) >= 11 is 7.00. The summed E-state index contributed by atoms with van der Waals surface area (Å²) in [6.45, 7) is 0. The number of thiocarbonyl (C=S) groups is 1. The summed E-state index contributed by atoms with van der Waals surface area (Å²) in [5, 5.41) is 0. The van der Waals surface area contributed by atoms with Gasteiger partial charge in [0.25, 0.3) is 0 Å². The molecular formula is C14H12OS2. The topological polar surface area (TPSA) is 9.23 Å². The van der Waals surface area contributed by atoms with Crippen molar-refractivity contribution >= 4 is 28.2 Å². The van der Waals surface area contributed by atoms with Crippen LogP contribution in [0.2, 0.25) is 0 Å². The minimum Gasteiger partial charge on any atom is -0.497 e. The van der Waals surface area contributed by atoms with Gasteiger partial charge in [-0.05, 0) is 42.0 Å². The first-order valence-electron chi connectivity index (χ1n) is 5.21. The van der Waals surface area contributed by atoms with Gasteiger partial charge in [0.15, 0.2) is 0 Å². The third kappa shape index (κ3) is 3.32. The van der Waals surface area contributed by atoms with E-state index < -0.39 is 0 Å². The Morgan fingerprint density at radius 1 is 1.00 bits per heavy atom. The van der Waals surface area contributed by atoms with Crippen LogP contribution < -0.4 is 4.74 Å². The molecule has 0 aromatic heterocycles. The molecule has 0 aliphatic rings. The van der Waals surface area contributed by atoms with Crippen molar-refractivity contribution in [3.05, 3.63) is 60.2 Å². The summed E-state index contributed by atoms with van der Waals surface area (Å²) in [5.74, 6) is 0.848. The van der Waals surface area contributed by atoms with Crippen LogP contribution in [0.3, 0.4) is 0 Å². The molecule has 0 heterocycles. The maximum absolute atomic E-state index is 5.40. The monoisotopic (exact) mass is 260 g/mol. The van der Waals surface area contributed by atoms with Gasteiger partial charge in [-0.1, -0.05) is 42.2 Å². The highest BCUT2D eigenvalue weighted by Crippen LogP contribution is 2.24. The van der Waals surface area contributed by atoms with Crippen molar-refractivity contribution in [1.82, 2.24) is 0 Å². The molecule has 0 bridgehead atoms. The van der Waals surface area contributed by atoms with Gasteiger partial charge in [-0.3, -0.25) is 0 Å². The molecule has 86 valence electrons. The number of rotatable bonds is 3. The van der Waals surface area contributed by atoms with Crippen molar-refractivity contribution in [3.63, 3.8) is 0 Å². The van der Waals surface area contributed by atoms with E-state index in [2.05, 4.69) is 12.1 Å². The Balaban J connectivity index is 2.09. The zero-order chi connectivity index (χ0) is 12.1. The van der Waals surface area contributed by atoms with Gasteiger partial charge in [0.1, 0.15) is 5.75 Å². The summed E-state index contributed by atoms with van der Waals surface area (Å²) < 4.78 is 5.99. The molecule has 2 aromatic rings. The van der Waals surface area contributed by atoms with Crippen molar-refractivity contribution in [3.8, 4) is 5.75 Å². The highest BCUT2D eigenvalue weighted by atomic mass is 32.2. The van der Waals surface area contributed by atoms with Crippen LogP contribution >= 0.6 is 24.0 Å². The van der Waals surface area contributed by atoms with Crippen molar-refractivity contribution in [2.75, 3.05) is 7.11 Å². The zero-order valence-corrected chi connectivity index (χ0v) is 11.1. The summed E-state index contributed by atoms with van der Waals surface area (Å²) in [5.41, 5.74) is 1.05. The third-order valence-electron chi connectivity index (χ3n) is 2.28. The fourth-order valence-corrected chi connectivity index (χ4v) is 2.57. The molecule has 0 aliphatic heterocycles. The standard InChI is InChI=1S/C14H12OS2/c1-15-12-9-7-11(8-10-12)14(16)17-13-5-3-2-4-6-13/h2-10H,1H3. The van der Waals surface area contributed by atoms with Gasteiger partial charge in [0, 0.05) is 4.90 Å². The molecule has 0 saturated heterocycles. The van der Waals surface area contributed by atoms with Crippen LogP contribution in [0.5, 0.6) is 5.75 Å². The van der Waals surface area contributed by atoms with Gasteiger partial charge in [-0.25, -0.2) is 0 Å². The van der Waals surface area contributed by atoms with Gasteiger partial charge in [0.05, 0.1) is 11.3 Å². The molecule has 0 saturated carbocycles. The molecule has 1 nitrogen and oxygen atoms in total. The average molecular weight is 260 g/mol. The van der Waals surface area contributed by atoms with Crippen LogP contribution in [0.4, 0.5) is 0 Å². The second-order valence-corrected chi connectivity index (χ2v) is 5.18. The molecule has 0 N–H and O–H groups in total. The van der Waals surface area contributed by atoms with E-state index in [1.54, 1.807) is 18.9 Å². The van der Waals surface area contributed by atoms with Crippen LogP contribution in [-0.2, 0) is 0 Å². The number of thioether (sulfide) groups is 1. The van der Waals surface area contributed by atoms with E-state index in [9.17, 15) is 0 Å². The molecule has 0 aliphatic carbocycles. The van der Waals surface area contributed by atoms with E-state index in [4.69, 9.17) is 17.0 Å². The molecule has 0 amide bonds. The normalized spacial score (nSPS) is 9.94. The molecule has 2 aromatic carbocycles. The Kier molecular flexibility index (Phi) is 4.18. The Bertz CT molecular complexity index is 491. The highest BCUT2D eigenvalue weighted by Gasteiger charge is 2.03. The lowest BCUT2D eigenvalue weighted by Gasteiger charge is -2.05. The molecule has 0 unspecified atom stereocenters. The smallest absolute Gasteiger partial charge is 0.118 e. The summed E-state index contributed by atoms with van der Waals surface area (Å²) in [6, 6.07) is 18.0. The second kappa shape index (κ2) is 5.84. The molecule has 0 radical (unpaired) electrons. The lowest BCUT2D eigenvalue weighted by molar-refractivity contribution is 0.415. The molecule has 0 fully saturated rings. The summed E-state index contributed by atoms with van der Waals surface area (Å²) in [7, 11) is 1.66. The number of ether oxygens (including phenoxy) is 1. The predicted molar refractivity (Wildman–Crippen MR) is 77.0 cm³/mol. The van der Waals surface area contributed by atoms with Crippen molar-refractivity contribution in [2.24, 2.45) is 0 Å². The summed E-state index contributed by atoms with van der Waals surface area (Å²) in [4.78, 5) is 1.16. The lowest BCUT2D eigenvalue weighted by atomic mass is 10.2. The van der Waals surface area contributed by atoms with Crippen molar-refractivity contribution in [2.45, 2.75) is 4.90 Å². The minimum absolute atomic E-state index is 0.848. The molecule has 0 atom stereocenters.